The lowest BCUT2D eigenvalue weighted by Crippen LogP contribution is -2.12. The Morgan fingerprint density at radius 2 is 1.67 bits per heavy atom. The van der Waals surface area contributed by atoms with Crippen molar-refractivity contribution < 1.29 is 4.39 Å². The van der Waals surface area contributed by atoms with E-state index < -0.39 is 0 Å². The average molecular weight is 244 g/mol. The van der Waals surface area contributed by atoms with Gasteiger partial charge in [0.2, 0.25) is 0 Å². The van der Waals surface area contributed by atoms with Gasteiger partial charge in [0.05, 0.1) is 11.4 Å². The normalized spacial score (nSPS) is 10.4. The molecule has 2 nitrogen and oxygen atoms in total. The number of nitrogen functional groups attached to an aromatic ring is 1. The van der Waals surface area contributed by atoms with E-state index in [4.69, 9.17) is 5.73 Å². The molecule has 0 spiro atoms. The molecule has 0 radical (unpaired) electrons. The van der Waals surface area contributed by atoms with Gasteiger partial charge in [-0.25, -0.2) is 4.39 Å². The number of nitrogens with two attached hydrogens (primary N) is 1. The fourth-order valence-corrected chi connectivity index (χ4v) is 2.10. The average Bonchev–Trinajstić information content (AvgIpc) is 2.30. The number of hydrogen-bond acceptors (Lipinski definition) is 2. The minimum absolute atomic E-state index is 0.180. The Morgan fingerprint density at radius 3 is 2.28 bits per heavy atom. The van der Waals surface area contributed by atoms with Gasteiger partial charge in [-0.05, 0) is 49.2 Å². The molecule has 0 atom stereocenters. The third-order valence-corrected chi connectivity index (χ3v) is 2.99. The van der Waals surface area contributed by atoms with E-state index in [9.17, 15) is 4.39 Å². The molecule has 18 heavy (non-hydrogen) atoms. The second kappa shape index (κ2) is 4.69. The lowest BCUT2D eigenvalue weighted by Gasteiger charge is -2.22. The van der Waals surface area contributed by atoms with Crippen LogP contribution in [0.3, 0.4) is 0 Å². The van der Waals surface area contributed by atoms with Gasteiger partial charge in [-0.15, -0.1) is 0 Å². The van der Waals surface area contributed by atoms with Crippen LogP contribution in [0.1, 0.15) is 11.1 Å². The fourth-order valence-electron chi connectivity index (χ4n) is 2.10. The van der Waals surface area contributed by atoms with Gasteiger partial charge in [-0.1, -0.05) is 12.1 Å². The maximum atomic E-state index is 13.5. The molecule has 2 aromatic carbocycles. The van der Waals surface area contributed by atoms with Crippen LogP contribution in [0.25, 0.3) is 0 Å². The van der Waals surface area contributed by atoms with Crippen molar-refractivity contribution in [3.63, 3.8) is 0 Å². The summed E-state index contributed by atoms with van der Waals surface area (Å²) in [6.45, 7) is 4.08. The molecule has 0 aromatic heterocycles. The maximum Gasteiger partial charge on any atom is 0.148 e. The van der Waals surface area contributed by atoms with Crippen molar-refractivity contribution in [3.8, 4) is 0 Å². The topological polar surface area (TPSA) is 29.3 Å². The summed E-state index contributed by atoms with van der Waals surface area (Å²) in [5.41, 5.74) is 9.99. The van der Waals surface area contributed by atoms with Crippen molar-refractivity contribution in [2.45, 2.75) is 13.8 Å². The zero-order chi connectivity index (χ0) is 13.3. The number of nitrogens with zero attached hydrogens (tertiary/aromatic N) is 1. The highest BCUT2D eigenvalue weighted by Crippen LogP contribution is 2.31. The van der Waals surface area contributed by atoms with E-state index in [1.807, 2.05) is 31.9 Å². The van der Waals surface area contributed by atoms with Crippen LogP contribution in [0.5, 0.6) is 0 Å². The standard InChI is InChI=1S/C15H17FN2/c1-10-7-11(2)9-12(8-10)18(3)14-6-4-5-13(16)15(14)17/h4-9H,17H2,1-3H3. The van der Waals surface area contributed by atoms with Crippen LogP contribution in [-0.2, 0) is 0 Å². The minimum Gasteiger partial charge on any atom is -0.395 e. The highest BCUT2D eigenvalue weighted by atomic mass is 19.1. The van der Waals surface area contributed by atoms with E-state index in [-0.39, 0.29) is 11.5 Å². The molecule has 0 aliphatic heterocycles. The highest BCUT2D eigenvalue weighted by Gasteiger charge is 2.11. The molecule has 0 saturated carbocycles. The molecular weight excluding hydrogens is 227 g/mol. The van der Waals surface area contributed by atoms with Crippen molar-refractivity contribution in [1.29, 1.82) is 0 Å². The van der Waals surface area contributed by atoms with Gasteiger partial charge in [0.1, 0.15) is 5.82 Å². The van der Waals surface area contributed by atoms with Crippen molar-refractivity contribution in [2.75, 3.05) is 17.7 Å². The summed E-state index contributed by atoms with van der Waals surface area (Å²) in [6.07, 6.45) is 0. The Hall–Kier alpha value is -2.03. The number of halogens is 1. The molecule has 0 saturated heterocycles. The van der Waals surface area contributed by atoms with Gasteiger partial charge >= 0.3 is 0 Å². The molecule has 0 aliphatic carbocycles. The summed E-state index contributed by atoms with van der Waals surface area (Å²) in [7, 11) is 1.89. The van der Waals surface area contributed by atoms with Gasteiger partial charge in [-0.3, -0.25) is 0 Å². The molecule has 0 bridgehead atoms. The number of hydrogen-bond donors (Lipinski definition) is 1. The quantitative estimate of drug-likeness (QED) is 0.814. The highest BCUT2D eigenvalue weighted by molar-refractivity contribution is 5.75. The minimum atomic E-state index is -0.385. The molecule has 0 aliphatic rings. The monoisotopic (exact) mass is 244 g/mol. The van der Waals surface area contributed by atoms with Crippen molar-refractivity contribution in [1.82, 2.24) is 0 Å². The first kappa shape index (κ1) is 12.4. The summed E-state index contributed by atoms with van der Waals surface area (Å²) in [5, 5.41) is 0. The second-order valence-corrected chi connectivity index (χ2v) is 4.58. The lowest BCUT2D eigenvalue weighted by molar-refractivity contribution is 0.632. The molecule has 2 rings (SSSR count). The van der Waals surface area contributed by atoms with Crippen molar-refractivity contribution >= 4 is 17.1 Å². The molecule has 2 N–H and O–H groups in total. The van der Waals surface area contributed by atoms with Crippen molar-refractivity contribution in [2.24, 2.45) is 0 Å². The first-order valence-electron chi connectivity index (χ1n) is 5.85. The number of benzene rings is 2. The van der Waals surface area contributed by atoms with Gasteiger partial charge < -0.3 is 10.6 Å². The van der Waals surface area contributed by atoms with E-state index in [1.54, 1.807) is 6.07 Å². The molecule has 0 amide bonds. The predicted octanol–water partition coefficient (Wildman–Crippen LogP) is 3.79. The maximum absolute atomic E-state index is 13.5. The van der Waals surface area contributed by atoms with E-state index in [1.165, 1.54) is 17.2 Å². The van der Waals surface area contributed by atoms with Crippen LogP contribution in [0.4, 0.5) is 21.5 Å². The smallest absolute Gasteiger partial charge is 0.148 e. The third kappa shape index (κ3) is 2.30. The Labute approximate surface area is 107 Å². The molecule has 94 valence electrons. The van der Waals surface area contributed by atoms with Crippen LogP contribution in [-0.4, -0.2) is 7.05 Å². The molecule has 3 heteroatoms. The Balaban J connectivity index is 2.47. The zero-order valence-corrected chi connectivity index (χ0v) is 10.9. The van der Waals surface area contributed by atoms with Crippen LogP contribution in [0.2, 0.25) is 0 Å². The van der Waals surface area contributed by atoms with Gasteiger partial charge in [0, 0.05) is 12.7 Å². The van der Waals surface area contributed by atoms with E-state index in [0.29, 0.717) is 5.69 Å². The van der Waals surface area contributed by atoms with E-state index in [2.05, 4.69) is 18.2 Å². The summed E-state index contributed by atoms with van der Waals surface area (Å²) in [5.74, 6) is -0.385. The number of aryl methyl sites for hydroxylation is 2. The van der Waals surface area contributed by atoms with Crippen LogP contribution in [0.15, 0.2) is 36.4 Å². The molecule has 0 unspecified atom stereocenters. The fraction of sp³-hybridized carbons (Fsp3) is 0.200. The van der Waals surface area contributed by atoms with Crippen LogP contribution < -0.4 is 10.6 Å². The largest absolute Gasteiger partial charge is 0.395 e. The molecule has 2 aromatic rings. The summed E-state index contributed by atoms with van der Waals surface area (Å²) >= 11 is 0. The predicted molar refractivity (Wildman–Crippen MR) is 74.8 cm³/mol. The summed E-state index contributed by atoms with van der Waals surface area (Å²) in [6, 6.07) is 11.1. The SMILES string of the molecule is Cc1cc(C)cc(N(C)c2cccc(F)c2N)c1. The zero-order valence-electron chi connectivity index (χ0n) is 10.9. The van der Waals surface area contributed by atoms with Crippen LogP contribution >= 0.6 is 0 Å². The van der Waals surface area contributed by atoms with Gasteiger partial charge in [0.15, 0.2) is 0 Å². The number of rotatable bonds is 2. The van der Waals surface area contributed by atoms with Gasteiger partial charge in [0.25, 0.3) is 0 Å². The second-order valence-electron chi connectivity index (χ2n) is 4.58. The summed E-state index contributed by atoms with van der Waals surface area (Å²) < 4.78 is 13.5. The van der Waals surface area contributed by atoms with E-state index in [0.717, 1.165) is 5.69 Å². The molecule has 0 heterocycles. The number of anilines is 3. The first-order valence-corrected chi connectivity index (χ1v) is 5.85. The van der Waals surface area contributed by atoms with Crippen LogP contribution in [0, 0.1) is 19.7 Å². The van der Waals surface area contributed by atoms with Gasteiger partial charge in [-0.2, -0.15) is 0 Å². The Kier molecular flexibility index (Phi) is 3.24. The molecule has 0 fully saturated rings. The van der Waals surface area contributed by atoms with Crippen molar-refractivity contribution in [3.05, 3.63) is 53.3 Å². The molecular formula is C15H17FN2. The Bertz CT molecular complexity index is 558. The van der Waals surface area contributed by atoms with E-state index >= 15 is 0 Å². The third-order valence-electron chi connectivity index (χ3n) is 2.99. The lowest BCUT2D eigenvalue weighted by atomic mass is 10.1. The Morgan fingerprint density at radius 1 is 1.06 bits per heavy atom. The number of para-hydroxylation sites is 1. The first-order chi connectivity index (χ1) is 8.49. The summed E-state index contributed by atoms with van der Waals surface area (Å²) in [4.78, 5) is 1.90.